The SMILES string of the molecule is Cc1ccc2c(c1)CCCC2C(N)C(=O)O. The zero-order valence-corrected chi connectivity index (χ0v) is 9.44. The number of rotatable bonds is 2. The molecule has 0 aromatic heterocycles. The molecule has 0 spiro atoms. The molecule has 3 nitrogen and oxygen atoms in total. The lowest BCUT2D eigenvalue weighted by atomic mass is 9.78. The third-order valence-electron chi connectivity index (χ3n) is 3.38. The van der Waals surface area contributed by atoms with Gasteiger partial charge in [0.15, 0.2) is 0 Å². The van der Waals surface area contributed by atoms with Crippen molar-refractivity contribution in [1.29, 1.82) is 0 Å². The van der Waals surface area contributed by atoms with Crippen molar-refractivity contribution in [2.75, 3.05) is 0 Å². The predicted molar refractivity (Wildman–Crippen MR) is 62.5 cm³/mol. The summed E-state index contributed by atoms with van der Waals surface area (Å²) in [5.74, 6) is -0.930. The molecular formula is C13H17NO2. The number of hydrogen-bond donors (Lipinski definition) is 2. The number of carboxylic acid groups (broad SMARTS) is 1. The van der Waals surface area contributed by atoms with Gasteiger partial charge in [0.1, 0.15) is 6.04 Å². The van der Waals surface area contributed by atoms with Gasteiger partial charge in [0.2, 0.25) is 0 Å². The molecule has 2 rings (SSSR count). The predicted octanol–water partition coefficient (Wildman–Crippen LogP) is 1.83. The highest BCUT2D eigenvalue weighted by atomic mass is 16.4. The van der Waals surface area contributed by atoms with Crippen LogP contribution in [0.2, 0.25) is 0 Å². The molecule has 1 aliphatic carbocycles. The van der Waals surface area contributed by atoms with Gasteiger partial charge < -0.3 is 10.8 Å². The van der Waals surface area contributed by atoms with E-state index in [1.165, 1.54) is 11.1 Å². The second-order valence-electron chi connectivity index (χ2n) is 4.57. The van der Waals surface area contributed by atoms with Crippen LogP contribution in [0.5, 0.6) is 0 Å². The van der Waals surface area contributed by atoms with Crippen molar-refractivity contribution in [1.82, 2.24) is 0 Å². The van der Waals surface area contributed by atoms with Gasteiger partial charge in [-0.05, 0) is 37.3 Å². The van der Waals surface area contributed by atoms with Crippen LogP contribution in [0.3, 0.4) is 0 Å². The zero-order chi connectivity index (χ0) is 11.7. The van der Waals surface area contributed by atoms with Crippen molar-refractivity contribution < 1.29 is 9.90 Å². The van der Waals surface area contributed by atoms with Crippen LogP contribution in [0.1, 0.15) is 35.4 Å². The lowest BCUT2D eigenvalue weighted by Gasteiger charge is -2.28. The maximum atomic E-state index is 11.0. The van der Waals surface area contributed by atoms with Crippen LogP contribution in [-0.2, 0) is 11.2 Å². The minimum atomic E-state index is -0.904. The van der Waals surface area contributed by atoms with E-state index in [9.17, 15) is 4.79 Å². The van der Waals surface area contributed by atoms with E-state index in [0.29, 0.717) is 0 Å². The number of fused-ring (bicyclic) bond motifs is 1. The van der Waals surface area contributed by atoms with Crippen LogP contribution in [-0.4, -0.2) is 17.1 Å². The molecule has 0 bridgehead atoms. The molecule has 0 aliphatic heterocycles. The molecular weight excluding hydrogens is 202 g/mol. The molecule has 16 heavy (non-hydrogen) atoms. The number of aryl methyl sites for hydroxylation is 2. The number of carbonyl (C=O) groups is 1. The zero-order valence-electron chi connectivity index (χ0n) is 9.44. The Bertz CT molecular complexity index is 414. The summed E-state index contributed by atoms with van der Waals surface area (Å²) in [6.07, 6.45) is 2.95. The van der Waals surface area contributed by atoms with Crippen LogP contribution < -0.4 is 5.73 Å². The van der Waals surface area contributed by atoms with E-state index in [1.54, 1.807) is 0 Å². The molecule has 86 valence electrons. The van der Waals surface area contributed by atoms with E-state index in [1.807, 2.05) is 12.1 Å². The van der Waals surface area contributed by atoms with E-state index in [2.05, 4.69) is 13.0 Å². The molecule has 0 fully saturated rings. The van der Waals surface area contributed by atoms with Crippen LogP contribution in [0.15, 0.2) is 18.2 Å². The molecule has 1 aromatic carbocycles. The number of carboxylic acids is 1. The number of hydrogen-bond acceptors (Lipinski definition) is 2. The summed E-state index contributed by atoms with van der Waals surface area (Å²) >= 11 is 0. The van der Waals surface area contributed by atoms with Gasteiger partial charge >= 0.3 is 5.97 Å². The third kappa shape index (κ3) is 1.95. The molecule has 3 N–H and O–H groups in total. The molecule has 0 radical (unpaired) electrons. The van der Waals surface area contributed by atoms with Crippen molar-refractivity contribution in [2.45, 2.75) is 38.1 Å². The first-order valence-corrected chi connectivity index (χ1v) is 5.67. The van der Waals surface area contributed by atoms with Gasteiger partial charge in [0.05, 0.1) is 0 Å². The minimum Gasteiger partial charge on any atom is -0.480 e. The topological polar surface area (TPSA) is 63.3 Å². The van der Waals surface area contributed by atoms with Crippen molar-refractivity contribution in [3.05, 3.63) is 34.9 Å². The highest BCUT2D eigenvalue weighted by Crippen LogP contribution is 2.33. The Hall–Kier alpha value is -1.35. The summed E-state index contributed by atoms with van der Waals surface area (Å²) in [5.41, 5.74) is 9.37. The Morgan fingerprint density at radius 1 is 1.56 bits per heavy atom. The Balaban J connectivity index is 2.36. The average molecular weight is 219 g/mol. The minimum absolute atomic E-state index is 0.0261. The fourth-order valence-corrected chi connectivity index (χ4v) is 2.53. The van der Waals surface area contributed by atoms with Gasteiger partial charge in [-0.25, -0.2) is 0 Å². The van der Waals surface area contributed by atoms with Crippen molar-refractivity contribution >= 4 is 5.97 Å². The molecule has 1 aliphatic rings. The first-order chi connectivity index (χ1) is 7.59. The van der Waals surface area contributed by atoms with Gasteiger partial charge in [-0.1, -0.05) is 23.8 Å². The Morgan fingerprint density at radius 3 is 3.00 bits per heavy atom. The molecule has 2 unspecified atom stereocenters. The highest BCUT2D eigenvalue weighted by molar-refractivity contribution is 5.75. The summed E-state index contributed by atoms with van der Waals surface area (Å²) in [7, 11) is 0. The molecule has 0 saturated carbocycles. The van der Waals surface area contributed by atoms with Gasteiger partial charge in [-0.3, -0.25) is 4.79 Å². The standard InChI is InChI=1S/C13H17NO2/c1-8-5-6-10-9(7-8)3-2-4-11(10)12(14)13(15)16/h5-7,11-12H,2-4,14H2,1H3,(H,15,16). The van der Waals surface area contributed by atoms with Gasteiger partial charge in [0.25, 0.3) is 0 Å². The summed E-state index contributed by atoms with van der Waals surface area (Å²) < 4.78 is 0. The van der Waals surface area contributed by atoms with Crippen molar-refractivity contribution in [3.8, 4) is 0 Å². The number of nitrogens with two attached hydrogens (primary N) is 1. The quantitative estimate of drug-likeness (QED) is 0.797. The maximum absolute atomic E-state index is 11.0. The normalized spacial score (nSPS) is 21.2. The summed E-state index contributed by atoms with van der Waals surface area (Å²) in [6.45, 7) is 2.06. The van der Waals surface area contributed by atoms with Gasteiger partial charge in [-0.2, -0.15) is 0 Å². The van der Waals surface area contributed by atoms with Crippen molar-refractivity contribution in [2.24, 2.45) is 5.73 Å². The molecule has 2 atom stereocenters. The second kappa shape index (κ2) is 4.26. The van der Waals surface area contributed by atoms with Gasteiger partial charge in [0, 0.05) is 5.92 Å². The fourth-order valence-electron chi connectivity index (χ4n) is 2.53. The smallest absolute Gasteiger partial charge is 0.321 e. The second-order valence-corrected chi connectivity index (χ2v) is 4.57. The number of benzene rings is 1. The Kier molecular flexibility index (Phi) is 2.97. The first-order valence-electron chi connectivity index (χ1n) is 5.67. The summed E-state index contributed by atoms with van der Waals surface area (Å²) in [5, 5.41) is 8.99. The summed E-state index contributed by atoms with van der Waals surface area (Å²) in [6, 6.07) is 5.45. The van der Waals surface area contributed by atoms with Gasteiger partial charge in [-0.15, -0.1) is 0 Å². The van der Waals surface area contributed by atoms with E-state index >= 15 is 0 Å². The molecule has 0 amide bonds. The van der Waals surface area contributed by atoms with Crippen LogP contribution >= 0.6 is 0 Å². The largest absolute Gasteiger partial charge is 0.480 e. The molecule has 3 heteroatoms. The van der Waals surface area contributed by atoms with Crippen LogP contribution in [0.25, 0.3) is 0 Å². The lowest BCUT2D eigenvalue weighted by Crippen LogP contribution is -2.38. The van der Waals surface area contributed by atoms with E-state index < -0.39 is 12.0 Å². The lowest BCUT2D eigenvalue weighted by molar-refractivity contribution is -0.139. The Morgan fingerprint density at radius 2 is 2.31 bits per heavy atom. The Labute approximate surface area is 95.3 Å². The van der Waals surface area contributed by atoms with E-state index in [4.69, 9.17) is 10.8 Å². The highest BCUT2D eigenvalue weighted by Gasteiger charge is 2.29. The molecule has 1 aromatic rings. The molecule has 0 saturated heterocycles. The van der Waals surface area contributed by atoms with Crippen molar-refractivity contribution in [3.63, 3.8) is 0 Å². The van der Waals surface area contributed by atoms with E-state index in [0.717, 1.165) is 24.8 Å². The molecule has 0 heterocycles. The van der Waals surface area contributed by atoms with E-state index in [-0.39, 0.29) is 5.92 Å². The maximum Gasteiger partial charge on any atom is 0.321 e. The van der Waals surface area contributed by atoms with Crippen LogP contribution in [0, 0.1) is 6.92 Å². The number of aliphatic carboxylic acids is 1. The first kappa shape index (κ1) is 11.1. The summed E-state index contributed by atoms with van der Waals surface area (Å²) in [4.78, 5) is 11.0. The fraction of sp³-hybridized carbons (Fsp3) is 0.462. The average Bonchev–Trinajstić information content (AvgIpc) is 2.26. The monoisotopic (exact) mass is 219 g/mol. The third-order valence-corrected chi connectivity index (χ3v) is 3.38. The van der Waals surface area contributed by atoms with Crippen LogP contribution in [0.4, 0.5) is 0 Å².